The van der Waals surface area contributed by atoms with Gasteiger partial charge in [-0.3, -0.25) is 13.9 Å². The molecule has 3 aromatic carbocycles. The normalized spacial score (nSPS) is 11.8. The monoisotopic (exact) mass is 567 g/mol. The lowest BCUT2D eigenvalue weighted by Gasteiger charge is -2.32. The Morgan fingerprint density at radius 2 is 1.52 bits per heavy atom. The molecule has 0 aliphatic heterocycles. The molecule has 0 bridgehead atoms. The van der Waals surface area contributed by atoms with Crippen LogP contribution < -0.4 is 19.1 Å². The van der Waals surface area contributed by atoms with E-state index < -0.39 is 28.5 Å². The van der Waals surface area contributed by atoms with Crippen LogP contribution in [0.15, 0.2) is 83.8 Å². The number of sulfonamides is 1. The molecule has 0 saturated heterocycles. The molecule has 214 valence electrons. The first-order valence-corrected chi connectivity index (χ1v) is 14.6. The first kappa shape index (κ1) is 30.5. The lowest BCUT2D eigenvalue weighted by molar-refractivity contribution is -0.138. The molecule has 0 aliphatic carbocycles. The van der Waals surface area contributed by atoms with E-state index in [0.29, 0.717) is 24.4 Å². The molecule has 2 amide bonds. The van der Waals surface area contributed by atoms with Gasteiger partial charge in [0.2, 0.25) is 11.8 Å². The number of carbonyl (C=O) groups is 2. The Kier molecular flexibility index (Phi) is 11.0. The second-order valence-electron chi connectivity index (χ2n) is 9.15. The fourth-order valence-electron chi connectivity index (χ4n) is 4.19. The maximum Gasteiger partial charge on any atom is 0.264 e. The highest BCUT2D eigenvalue weighted by atomic mass is 32.2. The molecule has 0 radical (unpaired) electrons. The van der Waals surface area contributed by atoms with Gasteiger partial charge >= 0.3 is 0 Å². The molecule has 0 aromatic heterocycles. The van der Waals surface area contributed by atoms with E-state index in [1.54, 1.807) is 37.3 Å². The summed E-state index contributed by atoms with van der Waals surface area (Å²) in [6.07, 6.45) is 1.26. The lowest BCUT2D eigenvalue weighted by atomic mass is 10.1. The van der Waals surface area contributed by atoms with Crippen LogP contribution in [0.4, 0.5) is 5.69 Å². The Balaban J connectivity index is 1.98. The Hall–Kier alpha value is -4.05. The SMILES string of the molecule is CCCNC(=O)[C@@H](C)N(CCc1ccccc1)C(=O)CN(c1ccccc1)S(=O)(=O)c1ccc(OC)c(OC)c1. The van der Waals surface area contributed by atoms with Gasteiger partial charge in [0.25, 0.3) is 10.0 Å². The predicted octanol–water partition coefficient (Wildman–Crippen LogP) is 3.89. The van der Waals surface area contributed by atoms with Crippen molar-refractivity contribution < 1.29 is 27.5 Å². The number of rotatable bonds is 14. The average molecular weight is 568 g/mol. The van der Waals surface area contributed by atoms with Crippen molar-refractivity contribution in [2.24, 2.45) is 0 Å². The van der Waals surface area contributed by atoms with E-state index in [4.69, 9.17) is 9.47 Å². The number of hydrogen-bond donors (Lipinski definition) is 1. The fraction of sp³-hybridized carbons (Fsp3) is 0.333. The van der Waals surface area contributed by atoms with Crippen LogP contribution in [0, 0.1) is 0 Å². The smallest absolute Gasteiger partial charge is 0.264 e. The average Bonchev–Trinajstić information content (AvgIpc) is 2.98. The van der Waals surface area contributed by atoms with E-state index in [-0.39, 0.29) is 23.1 Å². The van der Waals surface area contributed by atoms with Crippen molar-refractivity contribution in [3.63, 3.8) is 0 Å². The highest BCUT2D eigenvalue weighted by molar-refractivity contribution is 7.92. The molecule has 40 heavy (non-hydrogen) atoms. The molecule has 0 aliphatic rings. The summed E-state index contributed by atoms with van der Waals surface area (Å²) in [6.45, 7) is 3.82. The van der Waals surface area contributed by atoms with Gasteiger partial charge in [-0.05, 0) is 49.6 Å². The number of hydrogen-bond acceptors (Lipinski definition) is 6. The molecule has 0 spiro atoms. The Bertz CT molecular complexity index is 1370. The van der Waals surface area contributed by atoms with Gasteiger partial charge in [0.15, 0.2) is 11.5 Å². The third-order valence-corrected chi connectivity index (χ3v) is 8.24. The number of ether oxygens (including phenoxy) is 2. The molecule has 1 N–H and O–H groups in total. The summed E-state index contributed by atoms with van der Waals surface area (Å²) in [6, 6.07) is 21.5. The van der Waals surface area contributed by atoms with Crippen molar-refractivity contribution in [2.75, 3.05) is 38.2 Å². The maximum atomic E-state index is 14.0. The number of amides is 2. The summed E-state index contributed by atoms with van der Waals surface area (Å²) in [5, 5.41) is 2.84. The summed E-state index contributed by atoms with van der Waals surface area (Å²) in [7, 11) is -1.34. The van der Waals surface area contributed by atoms with E-state index in [1.807, 2.05) is 37.3 Å². The molecule has 0 saturated carbocycles. The van der Waals surface area contributed by atoms with Crippen molar-refractivity contribution in [1.82, 2.24) is 10.2 Å². The minimum Gasteiger partial charge on any atom is -0.493 e. The third-order valence-electron chi connectivity index (χ3n) is 6.47. The molecule has 3 aromatic rings. The van der Waals surface area contributed by atoms with Crippen molar-refractivity contribution >= 4 is 27.5 Å². The van der Waals surface area contributed by atoms with Crippen LogP contribution in [0.1, 0.15) is 25.8 Å². The van der Waals surface area contributed by atoms with Crippen LogP contribution in [0.2, 0.25) is 0 Å². The molecular weight excluding hydrogens is 530 g/mol. The maximum absolute atomic E-state index is 14.0. The number of nitrogens with one attached hydrogen (secondary N) is 1. The van der Waals surface area contributed by atoms with Crippen LogP contribution in [0.5, 0.6) is 11.5 Å². The van der Waals surface area contributed by atoms with E-state index in [9.17, 15) is 18.0 Å². The summed E-state index contributed by atoms with van der Waals surface area (Å²) in [5.74, 6) is -0.170. The molecule has 1 atom stereocenters. The van der Waals surface area contributed by atoms with E-state index >= 15 is 0 Å². The molecule has 3 rings (SSSR count). The van der Waals surface area contributed by atoms with Gasteiger partial charge in [-0.25, -0.2) is 8.42 Å². The van der Waals surface area contributed by atoms with Crippen molar-refractivity contribution in [3.05, 3.63) is 84.4 Å². The lowest BCUT2D eigenvalue weighted by Crippen LogP contribution is -2.52. The molecular formula is C30H37N3O6S. The second-order valence-corrected chi connectivity index (χ2v) is 11.0. The zero-order valence-corrected chi connectivity index (χ0v) is 24.2. The molecule has 10 heteroatoms. The fourth-order valence-corrected chi connectivity index (χ4v) is 5.62. The molecule has 0 fully saturated rings. The number of benzene rings is 3. The molecule has 0 heterocycles. The predicted molar refractivity (Wildman–Crippen MR) is 155 cm³/mol. The Morgan fingerprint density at radius 1 is 0.900 bits per heavy atom. The van der Waals surface area contributed by atoms with Gasteiger partial charge in [-0.15, -0.1) is 0 Å². The number of carbonyl (C=O) groups excluding carboxylic acids is 2. The minimum atomic E-state index is -4.22. The number of methoxy groups -OCH3 is 2. The van der Waals surface area contributed by atoms with Crippen molar-refractivity contribution in [2.45, 2.75) is 37.6 Å². The largest absolute Gasteiger partial charge is 0.493 e. The van der Waals surface area contributed by atoms with E-state index in [2.05, 4.69) is 5.32 Å². The highest BCUT2D eigenvalue weighted by Crippen LogP contribution is 2.32. The zero-order valence-electron chi connectivity index (χ0n) is 23.4. The quantitative estimate of drug-likeness (QED) is 0.317. The summed E-state index contributed by atoms with van der Waals surface area (Å²) < 4.78 is 39.5. The van der Waals surface area contributed by atoms with Gasteiger partial charge in [0.1, 0.15) is 12.6 Å². The third kappa shape index (κ3) is 7.53. The Labute approximate surface area is 236 Å². The van der Waals surface area contributed by atoms with Crippen LogP contribution in [0.3, 0.4) is 0 Å². The van der Waals surface area contributed by atoms with Crippen LogP contribution in [-0.2, 0) is 26.0 Å². The number of para-hydroxylation sites is 1. The van der Waals surface area contributed by atoms with Gasteiger partial charge in [-0.1, -0.05) is 55.5 Å². The van der Waals surface area contributed by atoms with Crippen LogP contribution >= 0.6 is 0 Å². The molecule has 9 nitrogen and oxygen atoms in total. The van der Waals surface area contributed by atoms with E-state index in [0.717, 1.165) is 16.3 Å². The first-order chi connectivity index (χ1) is 19.2. The van der Waals surface area contributed by atoms with Gasteiger partial charge in [0, 0.05) is 19.2 Å². The van der Waals surface area contributed by atoms with Gasteiger partial charge in [0.05, 0.1) is 24.8 Å². The van der Waals surface area contributed by atoms with Gasteiger partial charge in [-0.2, -0.15) is 0 Å². The minimum absolute atomic E-state index is 0.0635. The van der Waals surface area contributed by atoms with E-state index in [1.165, 1.54) is 37.3 Å². The topological polar surface area (TPSA) is 105 Å². The Morgan fingerprint density at radius 3 is 2.12 bits per heavy atom. The number of anilines is 1. The number of nitrogens with zero attached hydrogens (tertiary/aromatic N) is 2. The molecule has 0 unspecified atom stereocenters. The highest BCUT2D eigenvalue weighted by Gasteiger charge is 2.32. The first-order valence-electron chi connectivity index (χ1n) is 13.1. The van der Waals surface area contributed by atoms with Gasteiger partial charge < -0.3 is 19.7 Å². The summed E-state index contributed by atoms with van der Waals surface area (Å²) in [5.41, 5.74) is 1.32. The van der Waals surface area contributed by atoms with Crippen LogP contribution in [-0.4, -0.2) is 65.0 Å². The van der Waals surface area contributed by atoms with Crippen molar-refractivity contribution in [3.8, 4) is 11.5 Å². The van der Waals surface area contributed by atoms with Crippen LogP contribution in [0.25, 0.3) is 0 Å². The summed E-state index contributed by atoms with van der Waals surface area (Å²) in [4.78, 5) is 28.1. The zero-order chi connectivity index (χ0) is 29.1. The van der Waals surface area contributed by atoms with Crippen molar-refractivity contribution in [1.29, 1.82) is 0 Å². The second kappa shape index (κ2) is 14.4. The summed E-state index contributed by atoms with van der Waals surface area (Å²) >= 11 is 0. The standard InChI is InChI=1S/C30H37N3O6S/c1-5-19-31-30(35)23(2)32(20-18-24-12-8-6-9-13-24)29(34)22-33(25-14-10-7-11-15-25)40(36,37)26-16-17-27(38-3)28(21-26)39-4/h6-17,21,23H,5,18-20,22H2,1-4H3,(H,31,35)/t23-/m1/s1.